The van der Waals surface area contributed by atoms with E-state index in [2.05, 4.69) is 35.8 Å². The minimum Gasteiger partial charge on any atom is -0.450 e. The number of nitrogens with zero attached hydrogens (tertiary/aromatic N) is 1. The number of nitrogens with one attached hydrogen (secondary N) is 1. The first-order valence-electron chi connectivity index (χ1n) is 22.0. The summed E-state index contributed by atoms with van der Waals surface area (Å²) < 4.78 is 5.50. The number of hydrogen-bond acceptors (Lipinski definition) is 4. The largest absolute Gasteiger partial charge is 0.450 e. The lowest BCUT2D eigenvalue weighted by Crippen LogP contribution is -2.50. The molecule has 0 aromatic rings. The Labute approximate surface area is 305 Å². The van der Waals surface area contributed by atoms with Gasteiger partial charge in [-0.15, -0.1) is 0 Å². The number of unbranched alkanes of at least 4 members (excludes halogenated alkanes) is 18. The van der Waals surface area contributed by atoms with Crippen LogP contribution in [0.5, 0.6) is 0 Å². The maximum absolute atomic E-state index is 12.1. The maximum Gasteiger partial charge on any atom is 0.407 e. The summed E-state index contributed by atoms with van der Waals surface area (Å²) in [6.07, 6.45) is 45.0. The van der Waals surface area contributed by atoms with Gasteiger partial charge in [-0.05, 0) is 75.7 Å². The number of thioether (sulfide) groups is 1. The SMILES string of the molecule is CCCCCCCCCCCCSCCCCCCCCCCNC(=O)OCCCCCC(CC)N(C1CCCCC1)C1CCCCC1. The van der Waals surface area contributed by atoms with Crippen LogP contribution < -0.4 is 5.32 Å². The van der Waals surface area contributed by atoms with Gasteiger partial charge in [0.15, 0.2) is 0 Å². The Balaban J connectivity index is 1.32. The normalized spacial score (nSPS) is 16.8. The van der Waals surface area contributed by atoms with Crippen molar-refractivity contribution in [2.75, 3.05) is 24.7 Å². The van der Waals surface area contributed by atoms with Crippen LogP contribution in [0.2, 0.25) is 0 Å². The van der Waals surface area contributed by atoms with Gasteiger partial charge in [0.25, 0.3) is 0 Å². The molecular formula is C43H84N2O2S. The van der Waals surface area contributed by atoms with Gasteiger partial charge in [-0.25, -0.2) is 4.79 Å². The highest BCUT2D eigenvalue weighted by Gasteiger charge is 2.32. The van der Waals surface area contributed by atoms with Crippen LogP contribution in [0.1, 0.15) is 226 Å². The van der Waals surface area contributed by atoms with E-state index in [1.807, 2.05) is 0 Å². The highest BCUT2D eigenvalue weighted by molar-refractivity contribution is 7.99. The summed E-state index contributed by atoms with van der Waals surface area (Å²) in [4.78, 5) is 15.2. The second-order valence-corrected chi connectivity index (χ2v) is 16.9. The first-order chi connectivity index (χ1) is 23.8. The predicted octanol–water partition coefficient (Wildman–Crippen LogP) is 13.8. The third kappa shape index (κ3) is 23.1. The number of amides is 1. The van der Waals surface area contributed by atoms with Crippen molar-refractivity contribution in [2.24, 2.45) is 0 Å². The van der Waals surface area contributed by atoms with Crippen LogP contribution in [-0.4, -0.2) is 53.8 Å². The van der Waals surface area contributed by atoms with Gasteiger partial charge in [-0.2, -0.15) is 11.8 Å². The Hall–Kier alpha value is -0.420. The Bertz CT molecular complexity index is 676. The van der Waals surface area contributed by atoms with E-state index in [-0.39, 0.29) is 6.09 Å². The molecule has 0 saturated heterocycles. The summed E-state index contributed by atoms with van der Waals surface area (Å²) in [6.45, 7) is 6.03. The van der Waals surface area contributed by atoms with Crippen molar-refractivity contribution in [3.05, 3.63) is 0 Å². The summed E-state index contributed by atoms with van der Waals surface area (Å²) in [5.74, 6) is 2.73. The molecule has 1 amide bonds. The predicted molar refractivity (Wildman–Crippen MR) is 214 cm³/mol. The minimum atomic E-state index is -0.215. The van der Waals surface area contributed by atoms with Crippen LogP contribution in [0, 0.1) is 0 Å². The van der Waals surface area contributed by atoms with Gasteiger partial charge in [0.2, 0.25) is 0 Å². The Morgan fingerprint density at radius 1 is 0.604 bits per heavy atom. The molecule has 5 heteroatoms. The van der Waals surface area contributed by atoms with E-state index in [0.717, 1.165) is 37.5 Å². The van der Waals surface area contributed by atoms with Gasteiger partial charge in [-0.1, -0.05) is 162 Å². The summed E-state index contributed by atoms with van der Waals surface area (Å²) in [7, 11) is 0. The highest BCUT2D eigenvalue weighted by atomic mass is 32.2. The lowest BCUT2D eigenvalue weighted by molar-refractivity contribution is 0.0308. The molecular weight excluding hydrogens is 609 g/mol. The fraction of sp³-hybridized carbons (Fsp3) is 0.977. The molecule has 0 bridgehead atoms. The lowest BCUT2D eigenvalue weighted by atomic mass is 9.86. The van der Waals surface area contributed by atoms with Crippen molar-refractivity contribution in [1.82, 2.24) is 10.2 Å². The first kappa shape index (κ1) is 43.7. The number of rotatable bonds is 32. The van der Waals surface area contributed by atoms with E-state index in [0.29, 0.717) is 6.61 Å². The van der Waals surface area contributed by atoms with Gasteiger partial charge in [-0.3, -0.25) is 4.90 Å². The van der Waals surface area contributed by atoms with Crippen LogP contribution in [0.15, 0.2) is 0 Å². The lowest BCUT2D eigenvalue weighted by Gasteiger charge is -2.46. The Kier molecular flexibility index (Phi) is 29.6. The van der Waals surface area contributed by atoms with E-state index >= 15 is 0 Å². The van der Waals surface area contributed by atoms with Crippen LogP contribution in [0.3, 0.4) is 0 Å². The van der Waals surface area contributed by atoms with E-state index < -0.39 is 0 Å². The van der Waals surface area contributed by atoms with Crippen LogP contribution in [-0.2, 0) is 4.74 Å². The number of ether oxygens (including phenoxy) is 1. The van der Waals surface area contributed by atoms with Crippen molar-refractivity contribution in [1.29, 1.82) is 0 Å². The molecule has 1 atom stereocenters. The van der Waals surface area contributed by atoms with Gasteiger partial charge in [0.1, 0.15) is 0 Å². The van der Waals surface area contributed by atoms with Crippen LogP contribution >= 0.6 is 11.8 Å². The van der Waals surface area contributed by atoms with E-state index in [1.54, 1.807) is 0 Å². The van der Waals surface area contributed by atoms with E-state index in [9.17, 15) is 4.79 Å². The zero-order valence-corrected chi connectivity index (χ0v) is 33.4. The van der Waals surface area contributed by atoms with E-state index in [4.69, 9.17) is 4.74 Å². The summed E-state index contributed by atoms with van der Waals surface area (Å²) in [6, 6.07) is 2.41. The summed E-state index contributed by atoms with van der Waals surface area (Å²) >= 11 is 2.18. The van der Waals surface area contributed by atoms with Crippen molar-refractivity contribution in [3.63, 3.8) is 0 Å². The molecule has 2 aliphatic rings. The molecule has 0 spiro atoms. The molecule has 2 fully saturated rings. The first-order valence-corrected chi connectivity index (χ1v) is 23.2. The number of carbonyl (C=O) groups is 1. The number of carbonyl (C=O) groups excluding carboxylic acids is 1. The summed E-state index contributed by atoms with van der Waals surface area (Å²) in [5, 5.41) is 2.98. The third-order valence-electron chi connectivity index (χ3n) is 11.4. The molecule has 0 aromatic carbocycles. The standard InChI is InChI=1S/C43H84N2O2S/c1-3-5-6-7-8-9-11-14-17-29-38-48-39-30-18-15-12-10-13-16-27-36-44-43(46)47-37-28-21-26-31-40(4-2)45(41-32-22-19-23-33-41)42-34-24-20-25-35-42/h40-42H,3-39H2,1-2H3,(H,44,46). The van der Waals surface area contributed by atoms with E-state index in [1.165, 1.54) is 211 Å². The average molecular weight is 693 g/mol. The van der Waals surface area contributed by atoms with Gasteiger partial charge in [0, 0.05) is 24.7 Å². The molecule has 0 heterocycles. The fourth-order valence-electron chi connectivity index (χ4n) is 8.47. The second kappa shape index (κ2) is 32.5. The molecule has 2 saturated carbocycles. The number of hydrogen-bond donors (Lipinski definition) is 1. The molecule has 284 valence electrons. The molecule has 1 N–H and O–H groups in total. The Morgan fingerprint density at radius 3 is 1.56 bits per heavy atom. The van der Waals surface area contributed by atoms with Gasteiger partial charge < -0.3 is 10.1 Å². The zero-order valence-electron chi connectivity index (χ0n) is 32.6. The monoisotopic (exact) mass is 693 g/mol. The smallest absolute Gasteiger partial charge is 0.407 e. The number of alkyl carbamates (subject to hydrolysis) is 1. The highest BCUT2D eigenvalue weighted by Crippen LogP contribution is 2.34. The average Bonchev–Trinajstić information content (AvgIpc) is 3.12. The molecule has 0 aromatic heterocycles. The van der Waals surface area contributed by atoms with Gasteiger partial charge >= 0.3 is 6.09 Å². The molecule has 48 heavy (non-hydrogen) atoms. The van der Waals surface area contributed by atoms with Crippen molar-refractivity contribution >= 4 is 17.9 Å². The summed E-state index contributed by atoms with van der Waals surface area (Å²) in [5.41, 5.74) is 0. The van der Waals surface area contributed by atoms with Gasteiger partial charge in [0.05, 0.1) is 6.61 Å². The van der Waals surface area contributed by atoms with Crippen LogP contribution in [0.4, 0.5) is 4.79 Å². The minimum absolute atomic E-state index is 0.215. The Morgan fingerprint density at radius 2 is 1.06 bits per heavy atom. The topological polar surface area (TPSA) is 41.6 Å². The molecule has 0 aliphatic heterocycles. The molecule has 2 rings (SSSR count). The zero-order chi connectivity index (χ0) is 34.2. The maximum atomic E-state index is 12.1. The molecule has 4 nitrogen and oxygen atoms in total. The third-order valence-corrected chi connectivity index (χ3v) is 12.6. The molecule has 0 radical (unpaired) electrons. The second-order valence-electron chi connectivity index (χ2n) is 15.6. The quantitative estimate of drug-likeness (QED) is 0.0713. The molecule has 1 unspecified atom stereocenters. The van der Waals surface area contributed by atoms with Crippen molar-refractivity contribution in [3.8, 4) is 0 Å². The molecule has 2 aliphatic carbocycles. The van der Waals surface area contributed by atoms with Crippen molar-refractivity contribution in [2.45, 2.75) is 244 Å². The van der Waals surface area contributed by atoms with Crippen molar-refractivity contribution < 1.29 is 9.53 Å². The fourth-order valence-corrected chi connectivity index (χ4v) is 9.49. The van der Waals surface area contributed by atoms with Crippen LogP contribution in [0.25, 0.3) is 0 Å².